The molecular formula is C32H31F3N2O4. The monoisotopic (exact) mass is 564 g/mol. The summed E-state index contributed by atoms with van der Waals surface area (Å²) in [5.41, 5.74) is 0.515. The lowest BCUT2D eigenvalue weighted by Gasteiger charge is -2.24. The van der Waals surface area contributed by atoms with Gasteiger partial charge < -0.3 is 14.2 Å². The van der Waals surface area contributed by atoms with Crippen LogP contribution >= 0.6 is 0 Å². The second-order valence-corrected chi connectivity index (χ2v) is 10.5. The highest BCUT2D eigenvalue weighted by molar-refractivity contribution is 5.90. The molecule has 6 nitrogen and oxygen atoms in total. The molecule has 0 atom stereocenters. The second-order valence-electron chi connectivity index (χ2n) is 10.5. The number of halogens is 3. The van der Waals surface area contributed by atoms with E-state index in [2.05, 4.69) is 4.98 Å². The molecule has 1 fully saturated rings. The number of benzene rings is 3. The van der Waals surface area contributed by atoms with Gasteiger partial charge in [0.2, 0.25) is 0 Å². The smallest absolute Gasteiger partial charge is 0.416 e. The number of fused-ring (bicyclic) bond motifs is 1. The molecule has 0 radical (unpaired) electrons. The van der Waals surface area contributed by atoms with E-state index >= 15 is 0 Å². The highest BCUT2D eigenvalue weighted by Crippen LogP contribution is 2.41. The number of ether oxygens (including phenoxy) is 3. The summed E-state index contributed by atoms with van der Waals surface area (Å²) >= 11 is 0. The average molecular weight is 565 g/mol. The molecule has 1 saturated carbocycles. The van der Waals surface area contributed by atoms with Gasteiger partial charge in [0.25, 0.3) is 0 Å². The van der Waals surface area contributed by atoms with Crippen molar-refractivity contribution in [3.05, 3.63) is 83.7 Å². The van der Waals surface area contributed by atoms with Gasteiger partial charge in [-0.1, -0.05) is 36.4 Å². The van der Waals surface area contributed by atoms with Crippen molar-refractivity contribution in [2.75, 3.05) is 13.2 Å². The normalized spacial score (nSPS) is 13.7. The number of esters is 1. The highest BCUT2D eigenvalue weighted by atomic mass is 19.4. The molecule has 1 heterocycles. The van der Waals surface area contributed by atoms with E-state index in [-0.39, 0.29) is 6.61 Å². The van der Waals surface area contributed by atoms with Gasteiger partial charge in [-0.2, -0.15) is 13.2 Å². The Hall–Kier alpha value is -4.14. The second kappa shape index (κ2) is 11.4. The van der Waals surface area contributed by atoms with Crippen molar-refractivity contribution in [3.8, 4) is 22.9 Å². The van der Waals surface area contributed by atoms with Crippen molar-refractivity contribution in [3.63, 3.8) is 0 Å². The van der Waals surface area contributed by atoms with Crippen LogP contribution in [0, 0.1) is 0 Å². The number of carbonyl (C=O) groups is 1. The Labute approximate surface area is 236 Å². The Morgan fingerprint density at radius 1 is 1.02 bits per heavy atom. The number of hydrogen-bond donors (Lipinski definition) is 0. The SMILES string of the molecule is CCOC(=O)C(C)(C)Oc1cc(OCCc2cnc(-c3ccc(C(F)(F)F)cc3)nc2C2CC2)c2ccccc2c1. The summed E-state index contributed by atoms with van der Waals surface area (Å²) in [5.74, 6) is 1.37. The van der Waals surface area contributed by atoms with Crippen LogP contribution in [-0.2, 0) is 22.1 Å². The van der Waals surface area contributed by atoms with E-state index in [4.69, 9.17) is 19.2 Å². The van der Waals surface area contributed by atoms with Gasteiger partial charge in [-0.25, -0.2) is 14.8 Å². The fourth-order valence-corrected chi connectivity index (χ4v) is 4.61. The molecule has 4 aromatic rings. The number of carbonyl (C=O) groups excluding carboxylic acids is 1. The van der Waals surface area contributed by atoms with E-state index < -0.39 is 23.3 Å². The lowest BCUT2D eigenvalue weighted by Crippen LogP contribution is -2.39. The first-order chi connectivity index (χ1) is 19.5. The fraction of sp³-hybridized carbons (Fsp3) is 0.344. The minimum Gasteiger partial charge on any atom is -0.492 e. The lowest BCUT2D eigenvalue weighted by molar-refractivity contribution is -0.158. The Balaban J connectivity index is 1.34. The van der Waals surface area contributed by atoms with Crippen molar-refractivity contribution in [2.24, 2.45) is 0 Å². The molecule has 9 heteroatoms. The molecule has 0 saturated heterocycles. The predicted molar refractivity (Wildman–Crippen MR) is 149 cm³/mol. The first-order valence-electron chi connectivity index (χ1n) is 13.6. The van der Waals surface area contributed by atoms with Crippen LogP contribution in [0.4, 0.5) is 13.2 Å². The summed E-state index contributed by atoms with van der Waals surface area (Å²) in [6.45, 7) is 5.67. The van der Waals surface area contributed by atoms with Crippen molar-refractivity contribution in [1.29, 1.82) is 0 Å². The van der Waals surface area contributed by atoms with Gasteiger partial charge in [0.15, 0.2) is 11.4 Å². The maximum Gasteiger partial charge on any atom is 0.416 e. The molecule has 0 N–H and O–H groups in total. The zero-order chi connectivity index (χ0) is 29.2. The maximum atomic E-state index is 13.0. The number of aromatic nitrogens is 2. The standard InChI is InChI=1S/C32H31F3N2O4/c1-4-39-30(38)31(2,3)41-25-17-22-7-5-6-8-26(22)27(18-25)40-16-15-23-19-36-29(37-28(23)20-9-10-20)21-11-13-24(14-12-21)32(33,34)35/h5-8,11-14,17-20H,4,9-10,15-16H2,1-3H3. The number of hydrogen-bond acceptors (Lipinski definition) is 6. The maximum absolute atomic E-state index is 13.0. The third-order valence-electron chi connectivity index (χ3n) is 6.90. The summed E-state index contributed by atoms with van der Waals surface area (Å²) in [7, 11) is 0. The zero-order valence-electron chi connectivity index (χ0n) is 23.1. The fourth-order valence-electron chi connectivity index (χ4n) is 4.61. The summed E-state index contributed by atoms with van der Waals surface area (Å²) in [4.78, 5) is 21.6. The largest absolute Gasteiger partial charge is 0.492 e. The van der Waals surface area contributed by atoms with E-state index in [1.165, 1.54) is 12.1 Å². The Kier molecular flexibility index (Phi) is 7.89. The Bertz CT molecular complexity index is 1550. The quantitative estimate of drug-likeness (QED) is 0.185. The molecule has 1 aromatic heterocycles. The Morgan fingerprint density at radius 3 is 2.44 bits per heavy atom. The molecule has 3 aromatic carbocycles. The van der Waals surface area contributed by atoms with Crippen molar-refractivity contribution in [2.45, 2.75) is 57.7 Å². The molecule has 214 valence electrons. The van der Waals surface area contributed by atoms with E-state index in [0.29, 0.717) is 41.8 Å². The van der Waals surface area contributed by atoms with E-state index in [1.807, 2.05) is 30.3 Å². The van der Waals surface area contributed by atoms with Crippen LogP contribution < -0.4 is 9.47 Å². The van der Waals surface area contributed by atoms with Gasteiger partial charge in [0, 0.05) is 35.6 Å². The molecule has 1 aliphatic rings. The van der Waals surface area contributed by atoms with E-state index in [9.17, 15) is 18.0 Å². The van der Waals surface area contributed by atoms with Gasteiger partial charge in [-0.05, 0) is 62.8 Å². The Morgan fingerprint density at radius 2 is 1.76 bits per heavy atom. The van der Waals surface area contributed by atoms with Gasteiger partial charge in [-0.15, -0.1) is 0 Å². The first kappa shape index (κ1) is 28.4. The van der Waals surface area contributed by atoms with Gasteiger partial charge in [-0.3, -0.25) is 0 Å². The average Bonchev–Trinajstić information content (AvgIpc) is 3.78. The molecule has 1 aliphatic carbocycles. The number of alkyl halides is 3. The molecule has 0 aliphatic heterocycles. The minimum absolute atomic E-state index is 0.260. The number of rotatable bonds is 10. The zero-order valence-corrected chi connectivity index (χ0v) is 23.1. The van der Waals surface area contributed by atoms with Gasteiger partial charge in [0.1, 0.15) is 11.5 Å². The third kappa shape index (κ3) is 6.61. The van der Waals surface area contributed by atoms with Crippen LogP contribution in [0.5, 0.6) is 11.5 Å². The summed E-state index contributed by atoms with van der Waals surface area (Å²) in [6, 6.07) is 16.3. The van der Waals surface area contributed by atoms with Crippen LogP contribution in [-0.4, -0.2) is 34.8 Å². The van der Waals surface area contributed by atoms with Crippen LogP contribution in [0.3, 0.4) is 0 Å². The van der Waals surface area contributed by atoms with E-state index in [0.717, 1.165) is 47.0 Å². The molecular weight excluding hydrogens is 533 g/mol. The van der Waals surface area contributed by atoms with Crippen LogP contribution in [0.2, 0.25) is 0 Å². The highest BCUT2D eigenvalue weighted by Gasteiger charge is 2.33. The minimum atomic E-state index is -4.39. The van der Waals surface area contributed by atoms with Gasteiger partial charge in [0.05, 0.1) is 24.5 Å². The summed E-state index contributed by atoms with van der Waals surface area (Å²) in [5, 5.41) is 1.81. The summed E-state index contributed by atoms with van der Waals surface area (Å²) in [6.07, 6.45) is -0.0744. The molecule has 0 spiro atoms. The first-order valence-corrected chi connectivity index (χ1v) is 13.6. The van der Waals surface area contributed by atoms with Crippen molar-refractivity contribution >= 4 is 16.7 Å². The molecule has 0 amide bonds. The van der Waals surface area contributed by atoms with Crippen LogP contribution in [0.1, 0.15) is 56.4 Å². The third-order valence-corrected chi connectivity index (χ3v) is 6.90. The lowest BCUT2D eigenvalue weighted by atomic mass is 10.1. The molecule has 0 unspecified atom stereocenters. The van der Waals surface area contributed by atoms with Gasteiger partial charge >= 0.3 is 12.1 Å². The summed E-state index contributed by atoms with van der Waals surface area (Å²) < 4.78 is 56.3. The van der Waals surface area contributed by atoms with E-state index in [1.54, 1.807) is 33.0 Å². The molecule has 41 heavy (non-hydrogen) atoms. The predicted octanol–water partition coefficient (Wildman–Crippen LogP) is 7.54. The molecule has 0 bridgehead atoms. The van der Waals surface area contributed by atoms with Crippen molar-refractivity contribution < 1.29 is 32.2 Å². The number of nitrogens with zero attached hydrogens (tertiary/aromatic N) is 2. The topological polar surface area (TPSA) is 70.5 Å². The van der Waals surface area contributed by atoms with Crippen LogP contribution in [0.15, 0.2) is 66.9 Å². The van der Waals surface area contributed by atoms with Crippen LogP contribution in [0.25, 0.3) is 22.2 Å². The molecule has 5 rings (SSSR count). The van der Waals surface area contributed by atoms with Crippen molar-refractivity contribution in [1.82, 2.24) is 9.97 Å².